The van der Waals surface area contributed by atoms with Gasteiger partial charge < -0.3 is 5.73 Å². The van der Waals surface area contributed by atoms with E-state index in [1.807, 2.05) is 0 Å². The molecule has 3 rings (SSSR count). The van der Waals surface area contributed by atoms with Gasteiger partial charge in [0.05, 0.1) is 41.8 Å². The van der Waals surface area contributed by atoms with E-state index in [0.717, 1.165) is 0 Å². The highest BCUT2D eigenvalue weighted by Gasteiger charge is 2.16. The number of imidazole rings is 1. The van der Waals surface area contributed by atoms with Crippen molar-refractivity contribution in [3.8, 4) is 5.69 Å². The SMILES string of the molecule is Nc1nc2cc(Cl)c(Cl)cc2n1-c1cc(Cl)c(Cl)cc1Cl. The van der Waals surface area contributed by atoms with E-state index >= 15 is 0 Å². The minimum absolute atomic E-state index is 0.239. The summed E-state index contributed by atoms with van der Waals surface area (Å²) in [5.74, 6) is 0.239. The number of nitrogens with zero attached hydrogens (tertiary/aromatic N) is 2. The van der Waals surface area contributed by atoms with E-state index in [-0.39, 0.29) is 5.95 Å². The molecular formula is C13H6Cl5N3. The van der Waals surface area contributed by atoms with E-state index in [9.17, 15) is 0 Å². The molecule has 0 aliphatic rings. The highest BCUT2D eigenvalue weighted by atomic mass is 35.5. The molecule has 0 bridgehead atoms. The summed E-state index contributed by atoms with van der Waals surface area (Å²) in [6.45, 7) is 0. The molecule has 1 aromatic heterocycles. The van der Waals surface area contributed by atoms with Crippen molar-refractivity contribution in [2.75, 3.05) is 5.73 Å². The molecular weight excluding hydrogens is 375 g/mol. The Labute approximate surface area is 145 Å². The maximum absolute atomic E-state index is 6.23. The standard InChI is InChI=1S/C13H6Cl5N3/c14-5-1-9(18)11(3-7(5)16)21-12-4-8(17)6(15)2-10(12)20-13(21)19/h1-4H,(H2,19,20). The van der Waals surface area contributed by atoms with Crippen molar-refractivity contribution in [2.24, 2.45) is 0 Å². The van der Waals surface area contributed by atoms with Gasteiger partial charge in [0, 0.05) is 0 Å². The van der Waals surface area contributed by atoms with E-state index < -0.39 is 0 Å². The first-order chi connectivity index (χ1) is 9.88. The molecule has 3 aromatic rings. The Kier molecular flexibility index (Phi) is 3.89. The average Bonchev–Trinajstić information content (AvgIpc) is 2.70. The fourth-order valence-electron chi connectivity index (χ4n) is 2.03. The van der Waals surface area contributed by atoms with Gasteiger partial charge in [-0.25, -0.2) is 4.98 Å². The third kappa shape index (κ3) is 2.54. The number of aromatic nitrogens is 2. The van der Waals surface area contributed by atoms with Gasteiger partial charge in [0.25, 0.3) is 0 Å². The third-order valence-corrected chi connectivity index (χ3v) is 4.70. The highest BCUT2D eigenvalue weighted by Crippen LogP contribution is 2.36. The summed E-state index contributed by atoms with van der Waals surface area (Å²) in [6, 6.07) is 6.47. The van der Waals surface area contributed by atoms with Crippen molar-refractivity contribution in [3.63, 3.8) is 0 Å². The fourth-order valence-corrected chi connectivity index (χ4v) is 2.97. The van der Waals surface area contributed by atoms with Crippen LogP contribution < -0.4 is 5.73 Å². The van der Waals surface area contributed by atoms with E-state index in [1.165, 1.54) is 0 Å². The predicted molar refractivity (Wildman–Crippen MR) is 90.5 cm³/mol. The maximum atomic E-state index is 6.23. The summed E-state index contributed by atoms with van der Waals surface area (Å²) in [6.07, 6.45) is 0. The summed E-state index contributed by atoms with van der Waals surface area (Å²) >= 11 is 30.3. The summed E-state index contributed by atoms with van der Waals surface area (Å²) < 4.78 is 1.64. The second-order valence-corrected chi connectivity index (χ2v) is 6.31. The van der Waals surface area contributed by atoms with Gasteiger partial charge in [0.15, 0.2) is 0 Å². The van der Waals surface area contributed by atoms with Gasteiger partial charge in [-0.05, 0) is 24.3 Å². The monoisotopic (exact) mass is 379 g/mol. The molecule has 0 aliphatic carbocycles. The number of hydrogen-bond donors (Lipinski definition) is 1. The molecule has 0 fully saturated rings. The van der Waals surface area contributed by atoms with Crippen LogP contribution in [0.4, 0.5) is 5.95 Å². The summed E-state index contributed by atoms with van der Waals surface area (Å²) in [4.78, 5) is 4.25. The number of nitrogens with two attached hydrogens (primary N) is 1. The van der Waals surface area contributed by atoms with Gasteiger partial charge in [-0.2, -0.15) is 0 Å². The van der Waals surface area contributed by atoms with Gasteiger partial charge in [-0.3, -0.25) is 4.57 Å². The van der Waals surface area contributed by atoms with Crippen molar-refractivity contribution in [2.45, 2.75) is 0 Å². The van der Waals surface area contributed by atoms with Crippen LogP contribution in [-0.4, -0.2) is 9.55 Å². The molecule has 0 radical (unpaired) electrons. The maximum Gasteiger partial charge on any atom is 0.205 e. The van der Waals surface area contributed by atoms with Crippen molar-refractivity contribution in [1.29, 1.82) is 0 Å². The van der Waals surface area contributed by atoms with Crippen LogP contribution in [0.5, 0.6) is 0 Å². The number of benzene rings is 2. The van der Waals surface area contributed by atoms with Crippen LogP contribution in [0.1, 0.15) is 0 Å². The molecule has 0 spiro atoms. The number of rotatable bonds is 1. The number of hydrogen-bond acceptors (Lipinski definition) is 2. The molecule has 21 heavy (non-hydrogen) atoms. The van der Waals surface area contributed by atoms with E-state index in [1.54, 1.807) is 28.8 Å². The lowest BCUT2D eigenvalue weighted by Gasteiger charge is -2.10. The summed E-state index contributed by atoms with van der Waals surface area (Å²) in [5, 5.41) is 1.89. The van der Waals surface area contributed by atoms with Gasteiger partial charge >= 0.3 is 0 Å². The average molecular weight is 381 g/mol. The van der Waals surface area contributed by atoms with Gasteiger partial charge in [0.1, 0.15) is 0 Å². The van der Waals surface area contributed by atoms with Crippen LogP contribution in [0.15, 0.2) is 24.3 Å². The van der Waals surface area contributed by atoms with Crippen molar-refractivity contribution >= 4 is 75.0 Å². The first-order valence-electron chi connectivity index (χ1n) is 5.66. The zero-order valence-corrected chi connectivity index (χ0v) is 14.0. The molecule has 108 valence electrons. The molecule has 0 amide bonds. The lowest BCUT2D eigenvalue weighted by molar-refractivity contribution is 1.11. The smallest absolute Gasteiger partial charge is 0.205 e. The lowest BCUT2D eigenvalue weighted by atomic mass is 10.2. The Morgan fingerprint density at radius 2 is 1.33 bits per heavy atom. The molecule has 2 aromatic carbocycles. The first-order valence-corrected chi connectivity index (χ1v) is 7.55. The summed E-state index contributed by atoms with van der Waals surface area (Å²) in [7, 11) is 0. The fraction of sp³-hybridized carbons (Fsp3) is 0. The molecule has 1 heterocycles. The molecule has 0 saturated carbocycles. The highest BCUT2D eigenvalue weighted by molar-refractivity contribution is 6.44. The predicted octanol–water partition coefficient (Wildman–Crippen LogP) is 5.87. The molecule has 0 unspecified atom stereocenters. The topological polar surface area (TPSA) is 43.8 Å². The number of anilines is 1. The van der Waals surface area contributed by atoms with Crippen LogP contribution in [0, 0.1) is 0 Å². The van der Waals surface area contributed by atoms with Gasteiger partial charge in [0.2, 0.25) is 5.95 Å². The van der Waals surface area contributed by atoms with Crippen LogP contribution >= 0.6 is 58.0 Å². The Balaban J connectivity index is 2.37. The first kappa shape index (κ1) is 15.1. The molecule has 0 saturated heterocycles. The number of halogens is 5. The van der Waals surface area contributed by atoms with Crippen molar-refractivity contribution < 1.29 is 0 Å². The van der Waals surface area contributed by atoms with Crippen LogP contribution in [-0.2, 0) is 0 Å². The minimum Gasteiger partial charge on any atom is -0.369 e. The Morgan fingerprint density at radius 1 is 0.762 bits per heavy atom. The van der Waals surface area contributed by atoms with Gasteiger partial charge in [-0.1, -0.05) is 58.0 Å². The zero-order chi connectivity index (χ0) is 15.3. The van der Waals surface area contributed by atoms with Crippen LogP contribution in [0.3, 0.4) is 0 Å². The quantitative estimate of drug-likeness (QED) is 0.535. The largest absolute Gasteiger partial charge is 0.369 e. The van der Waals surface area contributed by atoms with Crippen LogP contribution in [0.25, 0.3) is 16.7 Å². The van der Waals surface area contributed by atoms with Crippen molar-refractivity contribution in [1.82, 2.24) is 9.55 Å². The zero-order valence-electron chi connectivity index (χ0n) is 10.2. The molecule has 2 N–H and O–H groups in total. The number of nitrogen functional groups attached to an aromatic ring is 1. The molecule has 8 heteroatoms. The Hall–Kier alpha value is -0.840. The second kappa shape index (κ2) is 5.41. The van der Waals surface area contributed by atoms with E-state index in [0.29, 0.717) is 41.8 Å². The molecule has 3 nitrogen and oxygen atoms in total. The Bertz CT molecular complexity index is 872. The molecule has 0 atom stereocenters. The van der Waals surface area contributed by atoms with Crippen LogP contribution in [0.2, 0.25) is 25.1 Å². The van der Waals surface area contributed by atoms with Crippen molar-refractivity contribution in [3.05, 3.63) is 49.4 Å². The lowest BCUT2D eigenvalue weighted by Crippen LogP contribution is -2.01. The Morgan fingerprint density at radius 3 is 2.05 bits per heavy atom. The second-order valence-electron chi connectivity index (χ2n) is 4.28. The normalized spacial score (nSPS) is 11.3. The van der Waals surface area contributed by atoms with E-state index in [2.05, 4.69) is 4.98 Å². The van der Waals surface area contributed by atoms with Gasteiger partial charge in [-0.15, -0.1) is 0 Å². The number of fused-ring (bicyclic) bond motifs is 1. The van der Waals surface area contributed by atoms with E-state index in [4.69, 9.17) is 63.7 Å². The summed E-state index contributed by atoms with van der Waals surface area (Å²) in [5.41, 5.74) is 7.80. The third-order valence-electron chi connectivity index (χ3n) is 2.95. The molecule has 0 aliphatic heterocycles. The minimum atomic E-state index is 0.239.